The predicted octanol–water partition coefficient (Wildman–Crippen LogP) is 5.63. The van der Waals surface area contributed by atoms with Gasteiger partial charge < -0.3 is 18.9 Å². The molecule has 0 saturated carbocycles. The smallest absolute Gasteiger partial charge is 0.315 e. The van der Waals surface area contributed by atoms with Gasteiger partial charge in [-0.25, -0.2) is 0 Å². The van der Waals surface area contributed by atoms with Gasteiger partial charge in [-0.3, -0.25) is 14.6 Å². The van der Waals surface area contributed by atoms with Crippen molar-refractivity contribution < 1.29 is 28.5 Å². The molecule has 0 N–H and O–H groups in total. The zero-order chi connectivity index (χ0) is 26.7. The SMILES string of the molecule is CCOC(=O)C1C(C)=NC2=C(C(=O)C[C@H](c3ccc(OC)c(OC)c3)C2)[C@H]1c1ccccc1OC(C)C. The van der Waals surface area contributed by atoms with E-state index < -0.39 is 11.8 Å². The van der Waals surface area contributed by atoms with Crippen molar-refractivity contribution in [2.75, 3.05) is 20.8 Å². The molecule has 2 aliphatic rings. The van der Waals surface area contributed by atoms with E-state index in [0.29, 0.717) is 41.4 Å². The molecule has 0 aromatic heterocycles. The largest absolute Gasteiger partial charge is 0.493 e. The van der Waals surface area contributed by atoms with E-state index in [9.17, 15) is 9.59 Å². The number of aliphatic imine (C=N–C) groups is 1. The first-order valence-electron chi connectivity index (χ1n) is 12.7. The number of esters is 1. The summed E-state index contributed by atoms with van der Waals surface area (Å²) in [6, 6.07) is 13.4. The topological polar surface area (TPSA) is 83.4 Å². The number of nitrogens with zero attached hydrogens (tertiary/aromatic N) is 1. The van der Waals surface area contributed by atoms with Gasteiger partial charge in [0.25, 0.3) is 0 Å². The Morgan fingerprint density at radius 1 is 1.03 bits per heavy atom. The summed E-state index contributed by atoms with van der Waals surface area (Å²) in [7, 11) is 3.19. The molecular formula is C30H35NO6. The number of allylic oxidation sites excluding steroid dienone is 2. The third-order valence-electron chi connectivity index (χ3n) is 6.92. The summed E-state index contributed by atoms with van der Waals surface area (Å²) in [6.07, 6.45) is 0.820. The van der Waals surface area contributed by atoms with Crippen LogP contribution in [0, 0.1) is 5.92 Å². The van der Waals surface area contributed by atoms with Gasteiger partial charge in [-0.1, -0.05) is 24.3 Å². The van der Waals surface area contributed by atoms with Crippen molar-refractivity contribution in [1.29, 1.82) is 0 Å². The Morgan fingerprint density at radius 2 is 1.76 bits per heavy atom. The molecule has 2 aromatic rings. The lowest BCUT2D eigenvalue weighted by molar-refractivity contribution is -0.146. The van der Waals surface area contributed by atoms with Gasteiger partial charge in [0, 0.05) is 34.9 Å². The summed E-state index contributed by atoms with van der Waals surface area (Å²) < 4.78 is 22.4. The molecular weight excluding hydrogens is 470 g/mol. The van der Waals surface area contributed by atoms with Crippen LogP contribution in [0.2, 0.25) is 0 Å². The van der Waals surface area contributed by atoms with Crippen LogP contribution in [-0.2, 0) is 14.3 Å². The Hall–Kier alpha value is -3.61. The number of carbonyl (C=O) groups is 2. The number of ether oxygens (including phenoxy) is 4. The number of benzene rings is 2. The number of Topliss-reactive ketones (excluding diaryl/α,β-unsaturated/α-hetero) is 1. The van der Waals surface area contributed by atoms with Crippen LogP contribution in [0.15, 0.2) is 58.7 Å². The lowest BCUT2D eigenvalue weighted by Crippen LogP contribution is -2.38. The molecule has 7 nitrogen and oxygen atoms in total. The molecule has 196 valence electrons. The fraction of sp³-hybridized carbons (Fsp3) is 0.433. The van der Waals surface area contributed by atoms with Crippen LogP contribution in [0.1, 0.15) is 63.5 Å². The van der Waals surface area contributed by atoms with Crippen LogP contribution in [0.25, 0.3) is 0 Å². The third-order valence-corrected chi connectivity index (χ3v) is 6.92. The van der Waals surface area contributed by atoms with Crippen molar-refractivity contribution in [2.45, 2.75) is 58.5 Å². The average Bonchev–Trinajstić information content (AvgIpc) is 2.87. The molecule has 0 bridgehead atoms. The Labute approximate surface area is 218 Å². The van der Waals surface area contributed by atoms with Gasteiger partial charge in [-0.05, 0) is 63.8 Å². The highest BCUT2D eigenvalue weighted by molar-refractivity contribution is 6.09. The minimum Gasteiger partial charge on any atom is -0.493 e. The minimum atomic E-state index is -0.697. The van der Waals surface area contributed by atoms with Crippen LogP contribution in [0.4, 0.5) is 0 Å². The molecule has 3 atom stereocenters. The maximum absolute atomic E-state index is 13.9. The normalized spacial score (nSPS) is 21.3. The Bertz CT molecular complexity index is 1240. The molecule has 2 aromatic carbocycles. The second-order valence-corrected chi connectivity index (χ2v) is 9.67. The molecule has 1 aliphatic heterocycles. The minimum absolute atomic E-state index is 0.0177. The van der Waals surface area contributed by atoms with Crippen LogP contribution in [0.3, 0.4) is 0 Å². The van der Waals surface area contributed by atoms with Crippen molar-refractivity contribution in [3.8, 4) is 17.2 Å². The van der Waals surface area contributed by atoms with E-state index in [4.69, 9.17) is 23.9 Å². The standard InChI is InChI=1S/C30H35NO6/c1-7-36-30(33)27-18(4)31-22-14-20(19-12-13-25(34-5)26(16-19)35-6)15-23(32)29(22)28(27)21-10-8-9-11-24(21)37-17(2)3/h8-13,16-17,20,27-28H,7,14-15H2,1-6H3/t20-,27?,28+/m1/s1. The van der Waals surface area contributed by atoms with Gasteiger partial charge in [0.15, 0.2) is 17.3 Å². The van der Waals surface area contributed by atoms with Crippen LogP contribution >= 0.6 is 0 Å². The number of rotatable bonds is 8. The zero-order valence-electron chi connectivity index (χ0n) is 22.4. The molecule has 1 aliphatic carbocycles. The summed E-state index contributed by atoms with van der Waals surface area (Å²) in [4.78, 5) is 31.9. The number of hydrogen-bond acceptors (Lipinski definition) is 7. The summed E-state index contributed by atoms with van der Waals surface area (Å²) >= 11 is 0. The fourth-order valence-electron chi connectivity index (χ4n) is 5.37. The van der Waals surface area contributed by atoms with Gasteiger partial charge in [-0.15, -0.1) is 0 Å². The van der Waals surface area contributed by atoms with Crippen molar-refractivity contribution in [2.24, 2.45) is 10.9 Å². The molecule has 7 heteroatoms. The van der Waals surface area contributed by atoms with E-state index in [1.165, 1.54) is 0 Å². The maximum atomic E-state index is 13.9. The van der Waals surface area contributed by atoms with E-state index >= 15 is 0 Å². The number of methoxy groups -OCH3 is 2. The monoisotopic (exact) mass is 505 g/mol. The first-order valence-corrected chi connectivity index (χ1v) is 12.7. The van der Waals surface area contributed by atoms with Crippen molar-refractivity contribution in [1.82, 2.24) is 0 Å². The number of hydrogen-bond donors (Lipinski definition) is 0. The lowest BCUT2D eigenvalue weighted by Gasteiger charge is -2.37. The molecule has 0 spiro atoms. The molecule has 0 saturated heterocycles. The summed E-state index contributed by atoms with van der Waals surface area (Å²) in [5.41, 5.74) is 3.73. The number of para-hydroxylation sites is 1. The van der Waals surface area contributed by atoms with Crippen LogP contribution < -0.4 is 14.2 Å². The Kier molecular flexibility index (Phi) is 8.00. The zero-order valence-corrected chi connectivity index (χ0v) is 22.4. The molecule has 0 fully saturated rings. The fourth-order valence-corrected chi connectivity index (χ4v) is 5.37. The molecule has 1 unspecified atom stereocenters. The van der Waals surface area contributed by atoms with Crippen molar-refractivity contribution >= 4 is 17.5 Å². The third kappa shape index (κ3) is 5.26. The molecule has 0 amide bonds. The second kappa shape index (κ2) is 11.2. The van der Waals surface area contributed by atoms with Gasteiger partial charge in [0.2, 0.25) is 0 Å². The average molecular weight is 506 g/mol. The van der Waals surface area contributed by atoms with Gasteiger partial charge in [0.05, 0.1) is 26.9 Å². The lowest BCUT2D eigenvalue weighted by atomic mass is 9.69. The van der Waals surface area contributed by atoms with E-state index in [2.05, 4.69) is 0 Å². The molecule has 4 rings (SSSR count). The second-order valence-electron chi connectivity index (χ2n) is 9.67. The Balaban J connectivity index is 1.81. The van der Waals surface area contributed by atoms with Crippen molar-refractivity contribution in [3.63, 3.8) is 0 Å². The Morgan fingerprint density at radius 3 is 2.43 bits per heavy atom. The van der Waals surface area contributed by atoms with Crippen LogP contribution in [0.5, 0.6) is 17.2 Å². The quantitative estimate of drug-likeness (QED) is 0.433. The first-order chi connectivity index (χ1) is 17.8. The first kappa shape index (κ1) is 26.5. The van der Waals surface area contributed by atoms with Crippen LogP contribution in [-0.4, -0.2) is 44.4 Å². The molecule has 0 radical (unpaired) electrons. The highest BCUT2D eigenvalue weighted by Crippen LogP contribution is 2.49. The van der Waals surface area contributed by atoms with Gasteiger partial charge >= 0.3 is 5.97 Å². The summed E-state index contributed by atoms with van der Waals surface area (Å²) in [5.74, 6) is 0.232. The predicted molar refractivity (Wildman–Crippen MR) is 142 cm³/mol. The molecule has 1 heterocycles. The number of carbonyl (C=O) groups excluding carboxylic acids is 2. The highest BCUT2D eigenvalue weighted by atomic mass is 16.5. The van der Waals surface area contributed by atoms with E-state index in [0.717, 1.165) is 16.8 Å². The summed E-state index contributed by atoms with van der Waals surface area (Å²) in [5, 5.41) is 0. The van der Waals surface area contributed by atoms with E-state index in [-0.39, 0.29) is 30.4 Å². The van der Waals surface area contributed by atoms with Gasteiger partial charge in [0.1, 0.15) is 11.7 Å². The van der Waals surface area contributed by atoms with Crippen molar-refractivity contribution in [3.05, 3.63) is 64.9 Å². The maximum Gasteiger partial charge on any atom is 0.315 e. The van der Waals surface area contributed by atoms with E-state index in [1.807, 2.05) is 63.2 Å². The number of ketones is 1. The molecule has 37 heavy (non-hydrogen) atoms. The van der Waals surface area contributed by atoms with Gasteiger partial charge in [-0.2, -0.15) is 0 Å². The highest BCUT2D eigenvalue weighted by Gasteiger charge is 2.45. The van der Waals surface area contributed by atoms with E-state index in [1.54, 1.807) is 21.1 Å². The summed E-state index contributed by atoms with van der Waals surface area (Å²) in [6.45, 7) is 7.78.